The molecule has 0 amide bonds. The molecule has 0 unspecified atom stereocenters. The van der Waals surface area contributed by atoms with E-state index in [9.17, 15) is 0 Å². The normalized spacial score (nSPS) is 11.7. The molecule has 3 nitrogen and oxygen atoms in total. The van der Waals surface area contributed by atoms with Crippen molar-refractivity contribution in [2.75, 3.05) is 9.80 Å². The van der Waals surface area contributed by atoms with E-state index in [1.165, 1.54) is 165 Å². The van der Waals surface area contributed by atoms with Crippen LogP contribution in [0.2, 0.25) is 0 Å². The molecule has 4 heterocycles. The Morgan fingerprint density at radius 2 is 0.548 bits per heavy atom. The summed E-state index contributed by atoms with van der Waals surface area (Å²) in [5, 5.41) is 17.7. The molecule has 25 rings (SSSR count). The van der Waals surface area contributed by atoms with E-state index in [1.54, 1.807) is 0 Å². The fourth-order valence-corrected chi connectivity index (χ4v) is 22.6. The first-order valence-electron chi connectivity index (χ1n) is 42.9. The minimum atomic E-state index is 0.906. The van der Waals surface area contributed by atoms with E-state index in [4.69, 9.17) is 4.42 Å². The second-order valence-corrected chi connectivity index (χ2v) is 35.7. The maximum atomic E-state index is 6.41. The Morgan fingerprint density at radius 1 is 0.167 bits per heavy atom. The minimum absolute atomic E-state index is 0.906. The summed E-state index contributed by atoms with van der Waals surface area (Å²) in [6, 6.07) is 168. The fourth-order valence-electron chi connectivity index (χ4n) is 18.9. The van der Waals surface area contributed by atoms with Gasteiger partial charge in [-0.15, -0.1) is 34.0 Å². The molecule has 4 aromatic heterocycles. The van der Waals surface area contributed by atoms with Gasteiger partial charge in [0, 0.05) is 116 Å². The first-order valence-corrected chi connectivity index (χ1v) is 45.3. The van der Waals surface area contributed by atoms with Crippen LogP contribution in [0.1, 0.15) is 0 Å². The van der Waals surface area contributed by atoms with E-state index >= 15 is 0 Å². The molecule has 0 saturated heterocycles. The zero-order valence-corrected chi connectivity index (χ0v) is 70.9. The van der Waals surface area contributed by atoms with E-state index < -0.39 is 0 Å². The molecule has 25 aromatic rings. The van der Waals surface area contributed by atoms with Crippen LogP contribution >= 0.6 is 34.0 Å². The predicted molar refractivity (Wildman–Crippen MR) is 544 cm³/mol. The van der Waals surface area contributed by atoms with Gasteiger partial charge >= 0.3 is 0 Å². The van der Waals surface area contributed by atoms with Gasteiger partial charge in [-0.2, -0.15) is 0 Å². The number of hydrogen-bond donors (Lipinski definition) is 0. The second-order valence-electron chi connectivity index (χ2n) is 32.5. The Kier molecular flexibility index (Phi) is 18.5. The molecular weight excluding hydrogens is 1580 g/mol. The van der Waals surface area contributed by atoms with Gasteiger partial charge in [-0.05, 0) is 244 Å². The molecule has 0 saturated carbocycles. The molecular formula is C120H76N2OS3. The molecule has 126 heavy (non-hydrogen) atoms. The molecule has 6 heteroatoms. The molecule has 21 aromatic carbocycles. The van der Waals surface area contributed by atoms with Crippen molar-refractivity contribution < 1.29 is 4.42 Å². The van der Waals surface area contributed by atoms with Crippen LogP contribution in [-0.4, -0.2) is 0 Å². The molecule has 0 aliphatic carbocycles. The highest BCUT2D eigenvalue weighted by Gasteiger charge is 2.22. The van der Waals surface area contributed by atoms with Gasteiger partial charge in [0.05, 0.1) is 0 Å². The van der Waals surface area contributed by atoms with Crippen LogP contribution in [0.4, 0.5) is 34.1 Å². The van der Waals surface area contributed by atoms with Gasteiger partial charge in [-0.25, -0.2) is 0 Å². The van der Waals surface area contributed by atoms with Gasteiger partial charge in [0.15, 0.2) is 0 Å². The number of furan rings is 1. The lowest BCUT2D eigenvalue weighted by Gasteiger charge is -2.26. The van der Waals surface area contributed by atoms with Crippen LogP contribution in [0.3, 0.4) is 0 Å². The Hall–Kier alpha value is -15.5. The number of thiophene rings is 3. The molecule has 0 fully saturated rings. The van der Waals surface area contributed by atoms with Crippen molar-refractivity contribution >= 4 is 183 Å². The third-order valence-corrected chi connectivity index (χ3v) is 28.8. The van der Waals surface area contributed by atoms with Gasteiger partial charge in [-0.1, -0.05) is 328 Å². The summed E-state index contributed by atoms with van der Waals surface area (Å²) in [7, 11) is 0. The van der Waals surface area contributed by atoms with Crippen molar-refractivity contribution in [3.63, 3.8) is 0 Å². The Bertz CT molecular complexity index is 8500. The average molecular weight is 1660 g/mol. The fraction of sp³-hybridized carbons (Fsp3) is 0. The smallest absolute Gasteiger partial charge is 0.143 e. The lowest BCUT2D eigenvalue weighted by Crippen LogP contribution is -2.10. The van der Waals surface area contributed by atoms with E-state index in [0.29, 0.717) is 0 Å². The van der Waals surface area contributed by atoms with Crippen LogP contribution in [0, 0.1) is 0 Å². The maximum absolute atomic E-state index is 6.41. The summed E-state index contributed by atoms with van der Waals surface area (Å²) in [6.45, 7) is 0. The molecule has 590 valence electrons. The van der Waals surface area contributed by atoms with Gasteiger partial charge in [0.2, 0.25) is 0 Å². The van der Waals surface area contributed by atoms with Crippen LogP contribution in [0.5, 0.6) is 0 Å². The van der Waals surface area contributed by atoms with Gasteiger partial charge < -0.3 is 14.2 Å². The predicted octanol–water partition coefficient (Wildman–Crippen LogP) is 36.1. The summed E-state index contributed by atoms with van der Waals surface area (Å²) in [6.07, 6.45) is 0. The molecule has 0 spiro atoms. The standard InChI is InChI=1S/C68H43NS2.C52H33NOS/c1-2-13-44(14-3-1)51-20-12-22-57(41-51)69(55-33-27-45(28-34-55)48-17-10-19-50(39-48)52-32-38-65-63(42-52)60-37-31-47-15-4-7-24-59(47)67(60)70-65)56-35-29-46(30-36-56)49-18-11-21-53(40-49)62-43-54-16-5-6-23-58(54)66-61-25-8-9-26-64(61)71-68(62)66;1-2-9-34(10-3-1)35-17-25-40(26-18-35)53(42-29-21-38(22-30-42)44-14-8-15-47-45-13-6-7-16-50(45)55-52(44)47)41-27-19-36(20-28-41)39-24-32-49-48(33-39)46-31-23-37-11-4-5-12-43(37)51(46)54-49/h1-43H;1-33H. The SMILES string of the molecule is c1ccc(-c2ccc(N(c3ccc(-c4ccc5oc6c7ccccc7ccc6c5c4)cc3)c3ccc(-c4cccc5c4sc4ccccc45)cc3)cc2)cc1.c1ccc(-c2cccc(N(c3ccc(-c4cccc(-c5ccc6sc7c8ccccc8ccc7c6c5)c4)cc3)c3ccc(-c4cccc(-c5cc6ccccc6c6c5sc5ccccc56)c4)cc3)c2)cc1. The lowest BCUT2D eigenvalue weighted by atomic mass is 9.94. The van der Waals surface area contributed by atoms with Crippen molar-refractivity contribution in [2.24, 2.45) is 0 Å². The Morgan fingerprint density at radius 3 is 1.19 bits per heavy atom. The van der Waals surface area contributed by atoms with E-state index in [0.717, 1.165) is 72.6 Å². The Balaban J connectivity index is 0.000000146. The van der Waals surface area contributed by atoms with Gasteiger partial charge in [0.25, 0.3) is 0 Å². The highest BCUT2D eigenvalue weighted by molar-refractivity contribution is 7.27. The monoisotopic (exact) mass is 1660 g/mol. The van der Waals surface area contributed by atoms with Crippen LogP contribution in [0.25, 0.3) is 204 Å². The van der Waals surface area contributed by atoms with Crippen molar-refractivity contribution in [1.82, 2.24) is 0 Å². The summed E-state index contributed by atoms with van der Waals surface area (Å²) < 4.78 is 14.4. The number of fused-ring (bicyclic) bond motifs is 18. The Labute approximate surface area is 741 Å². The number of rotatable bonds is 14. The quantitative estimate of drug-likeness (QED) is 0.108. The number of anilines is 6. The van der Waals surface area contributed by atoms with Gasteiger partial charge in [0.1, 0.15) is 11.2 Å². The summed E-state index contributed by atoms with van der Waals surface area (Å²) in [5.74, 6) is 0. The van der Waals surface area contributed by atoms with E-state index in [1.807, 2.05) is 34.0 Å². The highest BCUT2D eigenvalue weighted by Crippen LogP contribution is 2.49. The zero-order valence-electron chi connectivity index (χ0n) is 68.4. The van der Waals surface area contributed by atoms with Crippen LogP contribution in [0.15, 0.2) is 465 Å². The molecule has 0 aliphatic heterocycles. The van der Waals surface area contributed by atoms with E-state index in [2.05, 4.69) is 471 Å². The summed E-state index contributed by atoms with van der Waals surface area (Å²) >= 11 is 5.66. The van der Waals surface area contributed by atoms with Crippen LogP contribution in [-0.2, 0) is 0 Å². The van der Waals surface area contributed by atoms with E-state index in [-0.39, 0.29) is 0 Å². The largest absolute Gasteiger partial charge is 0.455 e. The van der Waals surface area contributed by atoms with Crippen molar-refractivity contribution in [3.05, 3.63) is 461 Å². The molecule has 0 bridgehead atoms. The average Bonchev–Trinajstić information content (AvgIpc) is 1.62. The number of benzene rings is 21. The maximum Gasteiger partial charge on any atom is 0.143 e. The van der Waals surface area contributed by atoms with Crippen molar-refractivity contribution in [3.8, 4) is 89.0 Å². The molecule has 0 atom stereocenters. The minimum Gasteiger partial charge on any atom is -0.455 e. The molecule has 0 radical (unpaired) electrons. The van der Waals surface area contributed by atoms with Crippen molar-refractivity contribution in [1.29, 1.82) is 0 Å². The highest BCUT2D eigenvalue weighted by atomic mass is 32.1. The van der Waals surface area contributed by atoms with Crippen molar-refractivity contribution in [2.45, 2.75) is 0 Å². The summed E-state index contributed by atoms with van der Waals surface area (Å²) in [5.41, 5.74) is 27.7. The molecule has 0 aliphatic rings. The summed E-state index contributed by atoms with van der Waals surface area (Å²) in [4.78, 5) is 4.73. The second kappa shape index (κ2) is 31.4. The first-order chi connectivity index (χ1) is 62.4. The third-order valence-electron chi connectivity index (χ3n) is 25.1. The van der Waals surface area contributed by atoms with Gasteiger partial charge in [-0.3, -0.25) is 0 Å². The zero-order chi connectivity index (χ0) is 83.1. The third kappa shape index (κ3) is 13.4. The topological polar surface area (TPSA) is 19.6 Å². The number of hydrogen-bond acceptors (Lipinski definition) is 6. The molecule has 0 N–H and O–H groups in total. The number of nitrogens with zero attached hydrogens (tertiary/aromatic N) is 2. The lowest BCUT2D eigenvalue weighted by molar-refractivity contribution is 0.672. The first kappa shape index (κ1) is 74.3. The van der Waals surface area contributed by atoms with Crippen LogP contribution < -0.4 is 9.80 Å².